The van der Waals surface area contributed by atoms with Crippen LogP contribution in [0.4, 0.5) is 0 Å². The van der Waals surface area contributed by atoms with Crippen molar-refractivity contribution >= 4 is 39.3 Å². The molecule has 0 spiro atoms. The number of halogens is 2. The van der Waals surface area contributed by atoms with Gasteiger partial charge in [0.25, 0.3) is 0 Å². The zero-order valence-corrected chi connectivity index (χ0v) is 23.4. The van der Waals surface area contributed by atoms with Crippen LogP contribution in [0.5, 0.6) is 0 Å². The lowest BCUT2D eigenvalue weighted by Crippen LogP contribution is -2.45. The smallest absolute Gasteiger partial charge is 0.231 e. The summed E-state index contributed by atoms with van der Waals surface area (Å²) in [6.45, 7) is 4.48. The first-order valence-electron chi connectivity index (χ1n) is 13.3. The molecule has 198 valence electrons. The van der Waals surface area contributed by atoms with Crippen LogP contribution in [-0.2, 0) is 22.4 Å². The number of primary amides is 1. The Morgan fingerprint density at radius 3 is 2.51 bits per heavy atom. The van der Waals surface area contributed by atoms with E-state index < -0.39 is 0 Å². The first kappa shape index (κ1) is 26.6. The number of piperidine rings is 2. The van der Waals surface area contributed by atoms with Gasteiger partial charge in [-0.25, -0.2) is 0 Å². The second-order valence-electron chi connectivity index (χ2n) is 10.7. The van der Waals surface area contributed by atoms with Gasteiger partial charge in [-0.15, -0.1) is 0 Å². The van der Waals surface area contributed by atoms with Crippen molar-refractivity contribution in [3.63, 3.8) is 0 Å². The normalized spacial score (nSPS) is 21.6. The third-order valence-corrected chi connectivity index (χ3v) is 8.88. The molecule has 1 aromatic heterocycles. The first-order chi connectivity index (χ1) is 17.9. The van der Waals surface area contributed by atoms with Crippen LogP contribution in [0.2, 0.25) is 5.02 Å². The number of fused-ring (bicyclic) bond motifs is 2. The molecule has 0 radical (unpaired) electrons. The second kappa shape index (κ2) is 11.8. The van der Waals surface area contributed by atoms with E-state index in [1.54, 1.807) is 0 Å². The van der Waals surface area contributed by atoms with Crippen molar-refractivity contribution in [1.82, 2.24) is 20.1 Å². The number of nitrogens with one attached hydrogen (secondary N) is 1. The molecule has 9 heteroatoms. The van der Waals surface area contributed by atoms with E-state index in [0.29, 0.717) is 19.0 Å². The third kappa shape index (κ3) is 6.36. The number of benzene rings is 1. The van der Waals surface area contributed by atoms with Crippen molar-refractivity contribution in [2.24, 2.45) is 17.6 Å². The van der Waals surface area contributed by atoms with E-state index in [0.717, 1.165) is 79.9 Å². The highest BCUT2D eigenvalue weighted by atomic mass is 79.9. The Bertz CT molecular complexity index is 1090. The van der Waals surface area contributed by atoms with Crippen LogP contribution < -0.4 is 11.1 Å². The Balaban J connectivity index is 1.20. The summed E-state index contributed by atoms with van der Waals surface area (Å²) in [5.74, 6) is 0.402. The van der Waals surface area contributed by atoms with Gasteiger partial charge in [0.15, 0.2) is 0 Å². The molecule has 3 N–H and O–H groups in total. The Hall–Kier alpha value is -2.00. The Morgan fingerprint density at radius 1 is 1.05 bits per heavy atom. The molecule has 2 saturated heterocycles. The minimum absolute atomic E-state index is 0.0408. The van der Waals surface area contributed by atoms with Gasteiger partial charge < -0.3 is 11.1 Å². The van der Waals surface area contributed by atoms with Crippen molar-refractivity contribution in [3.8, 4) is 0 Å². The van der Waals surface area contributed by atoms with E-state index in [2.05, 4.69) is 49.2 Å². The lowest BCUT2D eigenvalue weighted by Gasteiger charge is -2.38. The molecule has 1 aliphatic carbocycles. The zero-order valence-electron chi connectivity index (χ0n) is 21.1. The molecule has 2 aromatic rings. The number of carbonyl (C=O) groups is 2. The van der Waals surface area contributed by atoms with Gasteiger partial charge in [-0.2, -0.15) is 0 Å². The average Bonchev–Trinajstić information content (AvgIpc) is 3.04. The maximum atomic E-state index is 13.0. The summed E-state index contributed by atoms with van der Waals surface area (Å²) in [7, 11) is 0. The van der Waals surface area contributed by atoms with Gasteiger partial charge in [0.2, 0.25) is 11.8 Å². The molecule has 0 saturated carbocycles. The zero-order chi connectivity index (χ0) is 25.9. The van der Waals surface area contributed by atoms with Gasteiger partial charge >= 0.3 is 0 Å². The lowest BCUT2D eigenvalue weighted by atomic mass is 9.90. The van der Waals surface area contributed by atoms with E-state index >= 15 is 0 Å². The number of rotatable bonds is 6. The number of aromatic nitrogens is 1. The van der Waals surface area contributed by atoms with E-state index in [1.807, 2.05) is 12.3 Å². The fraction of sp³-hybridized carbons (Fsp3) is 0.536. The second-order valence-corrected chi connectivity index (χ2v) is 12.0. The van der Waals surface area contributed by atoms with Gasteiger partial charge in [-0.1, -0.05) is 17.7 Å². The fourth-order valence-electron chi connectivity index (χ4n) is 6.16. The largest absolute Gasteiger partial charge is 0.369 e. The van der Waals surface area contributed by atoms with Crippen LogP contribution in [0.1, 0.15) is 54.1 Å². The number of likely N-dealkylation sites (tertiary alicyclic amines) is 2. The summed E-state index contributed by atoms with van der Waals surface area (Å²) in [5.41, 5.74) is 10.3. The number of amides is 2. The van der Waals surface area contributed by atoms with Gasteiger partial charge in [0.05, 0.1) is 18.3 Å². The summed E-state index contributed by atoms with van der Waals surface area (Å²) in [5, 5.41) is 4.00. The highest BCUT2D eigenvalue weighted by Gasteiger charge is 2.34. The van der Waals surface area contributed by atoms with Gasteiger partial charge in [-0.05, 0) is 121 Å². The highest BCUT2D eigenvalue weighted by Crippen LogP contribution is 2.39. The number of hydrogen-bond donors (Lipinski definition) is 2. The minimum atomic E-state index is -0.277. The molecule has 1 unspecified atom stereocenters. The third-order valence-electron chi connectivity index (χ3n) is 8.21. The highest BCUT2D eigenvalue weighted by molar-refractivity contribution is 9.10. The van der Waals surface area contributed by atoms with Crippen LogP contribution >= 0.6 is 27.5 Å². The number of nitrogens with two attached hydrogens (primary N) is 1. The van der Waals surface area contributed by atoms with E-state index in [1.165, 1.54) is 16.7 Å². The molecule has 3 heterocycles. The summed E-state index contributed by atoms with van der Waals surface area (Å²) >= 11 is 9.96. The summed E-state index contributed by atoms with van der Waals surface area (Å²) in [6.07, 6.45) is 7.43. The number of hydrogen-bond acceptors (Lipinski definition) is 5. The van der Waals surface area contributed by atoms with Gasteiger partial charge in [-0.3, -0.25) is 24.4 Å². The molecule has 3 aliphatic rings. The van der Waals surface area contributed by atoms with Crippen molar-refractivity contribution in [3.05, 3.63) is 62.3 Å². The monoisotopic (exact) mass is 587 g/mol. The maximum Gasteiger partial charge on any atom is 0.231 e. The van der Waals surface area contributed by atoms with Crippen LogP contribution in [0, 0.1) is 11.8 Å². The Kier molecular flexibility index (Phi) is 8.49. The molecule has 1 aromatic carbocycles. The molecule has 2 amide bonds. The molecular weight excluding hydrogens is 554 g/mol. The summed E-state index contributed by atoms with van der Waals surface area (Å²) in [6, 6.07) is 8.52. The molecule has 2 fully saturated rings. The SMILES string of the molecule is NC(=O)CN1CCC(CNC(=O)C2CCN(C3c4ccc(Cl)cc4CCc4cc(Br)cnc43)CC2)CC1. The summed E-state index contributed by atoms with van der Waals surface area (Å²) < 4.78 is 1.00. The van der Waals surface area contributed by atoms with Crippen LogP contribution in [0.25, 0.3) is 0 Å². The molecule has 1 atom stereocenters. The summed E-state index contributed by atoms with van der Waals surface area (Å²) in [4.78, 5) is 33.6. The van der Waals surface area contributed by atoms with Crippen LogP contribution in [-0.4, -0.2) is 65.9 Å². The standard InChI is InChI=1S/C28H35BrClN5O2/c29-22-13-21-2-1-20-14-23(30)3-4-24(20)27(26(21)32-16-22)35-11-7-19(8-12-35)28(37)33-15-18-5-9-34(10-6-18)17-25(31)36/h3-4,13-14,16,18-19,27H,1-2,5-12,15,17H2,(H2,31,36)(H,33,37). The number of aryl methyl sites for hydroxylation is 2. The number of pyridine rings is 1. The fourth-order valence-corrected chi connectivity index (χ4v) is 6.73. The van der Waals surface area contributed by atoms with Crippen LogP contribution in [0.15, 0.2) is 34.9 Å². The first-order valence-corrected chi connectivity index (χ1v) is 14.5. The molecule has 5 rings (SSSR count). The topological polar surface area (TPSA) is 91.6 Å². The molecule has 0 bridgehead atoms. The Morgan fingerprint density at radius 2 is 1.78 bits per heavy atom. The van der Waals surface area contributed by atoms with Crippen LogP contribution in [0.3, 0.4) is 0 Å². The number of carbonyl (C=O) groups excluding carboxylic acids is 2. The van der Waals surface area contributed by atoms with E-state index in [-0.39, 0.29) is 23.8 Å². The number of nitrogens with zero attached hydrogens (tertiary/aromatic N) is 3. The predicted molar refractivity (Wildman–Crippen MR) is 148 cm³/mol. The van der Waals surface area contributed by atoms with Gasteiger partial charge in [0, 0.05) is 28.2 Å². The van der Waals surface area contributed by atoms with Crippen molar-refractivity contribution < 1.29 is 9.59 Å². The lowest BCUT2D eigenvalue weighted by molar-refractivity contribution is -0.126. The molecule has 2 aliphatic heterocycles. The Labute approximate surface area is 232 Å². The van der Waals surface area contributed by atoms with Gasteiger partial charge in [0.1, 0.15) is 0 Å². The van der Waals surface area contributed by atoms with Crippen molar-refractivity contribution in [2.75, 3.05) is 39.3 Å². The minimum Gasteiger partial charge on any atom is -0.369 e. The van der Waals surface area contributed by atoms with Crippen molar-refractivity contribution in [2.45, 2.75) is 44.6 Å². The quantitative estimate of drug-likeness (QED) is 0.537. The molecule has 7 nitrogen and oxygen atoms in total. The molecule has 37 heavy (non-hydrogen) atoms. The predicted octanol–water partition coefficient (Wildman–Crippen LogP) is 3.71. The van der Waals surface area contributed by atoms with E-state index in [9.17, 15) is 9.59 Å². The van der Waals surface area contributed by atoms with Crippen molar-refractivity contribution in [1.29, 1.82) is 0 Å². The van der Waals surface area contributed by atoms with E-state index in [4.69, 9.17) is 22.3 Å². The molecular formula is C28H35BrClN5O2. The maximum absolute atomic E-state index is 13.0. The average molecular weight is 589 g/mol.